The van der Waals surface area contributed by atoms with Crippen LogP contribution in [0.15, 0.2) is 47.3 Å². The fourth-order valence-electron chi connectivity index (χ4n) is 2.88. The van der Waals surface area contributed by atoms with Gasteiger partial charge in [0.05, 0.1) is 17.1 Å². The summed E-state index contributed by atoms with van der Waals surface area (Å²) in [5.74, 6) is -2.75. The van der Waals surface area contributed by atoms with Gasteiger partial charge in [-0.25, -0.2) is 0 Å². The molecule has 2 aromatic carbocycles. The SMILES string of the molecule is N#Cc1cccc(Cc2ccc3c(O)c(C(=O)NCC(=O)O)c(=O)[nH]c3c2)c1. The molecule has 0 saturated heterocycles. The van der Waals surface area contributed by atoms with Crippen LogP contribution in [-0.2, 0) is 11.2 Å². The molecule has 0 spiro atoms. The molecule has 1 amide bonds. The van der Waals surface area contributed by atoms with Gasteiger partial charge in [-0.15, -0.1) is 0 Å². The Bertz CT molecular complexity index is 1190. The van der Waals surface area contributed by atoms with Gasteiger partial charge >= 0.3 is 5.97 Å². The number of amides is 1. The molecule has 1 aromatic heterocycles. The van der Waals surface area contributed by atoms with Gasteiger partial charge in [0.15, 0.2) is 0 Å². The van der Waals surface area contributed by atoms with Crippen LogP contribution in [0.25, 0.3) is 10.9 Å². The Kier molecular flexibility index (Phi) is 5.09. The second kappa shape index (κ2) is 7.63. The first-order valence-electron chi connectivity index (χ1n) is 8.26. The van der Waals surface area contributed by atoms with E-state index in [1.54, 1.807) is 36.4 Å². The lowest BCUT2D eigenvalue weighted by Gasteiger charge is -2.09. The summed E-state index contributed by atoms with van der Waals surface area (Å²) in [6, 6.07) is 14.2. The smallest absolute Gasteiger partial charge is 0.322 e. The fourth-order valence-corrected chi connectivity index (χ4v) is 2.88. The number of carboxylic acid groups (broad SMARTS) is 1. The number of nitrogens with zero attached hydrogens (tertiary/aromatic N) is 1. The number of carbonyl (C=O) groups is 2. The van der Waals surface area contributed by atoms with Crippen molar-refractivity contribution in [2.24, 2.45) is 0 Å². The summed E-state index contributed by atoms with van der Waals surface area (Å²) in [7, 11) is 0. The number of aliphatic carboxylic acids is 1. The summed E-state index contributed by atoms with van der Waals surface area (Å²) < 4.78 is 0. The van der Waals surface area contributed by atoms with Crippen LogP contribution in [0.1, 0.15) is 27.0 Å². The fraction of sp³-hybridized carbons (Fsp3) is 0.100. The zero-order valence-electron chi connectivity index (χ0n) is 14.5. The van der Waals surface area contributed by atoms with Crippen LogP contribution < -0.4 is 10.9 Å². The maximum Gasteiger partial charge on any atom is 0.322 e. The molecule has 0 aliphatic heterocycles. The number of nitriles is 1. The summed E-state index contributed by atoms with van der Waals surface area (Å²) in [5, 5.41) is 30.3. The van der Waals surface area contributed by atoms with E-state index in [0.29, 0.717) is 17.5 Å². The summed E-state index contributed by atoms with van der Waals surface area (Å²) in [4.78, 5) is 37.4. The average molecular weight is 377 g/mol. The number of aromatic nitrogens is 1. The number of hydrogen-bond acceptors (Lipinski definition) is 5. The van der Waals surface area contributed by atoms with Crippen molar-refractivity contribution in [3.63, 3.8) is 0 Å². The molecule has 3 rings (SSSR count). The number of nitrogens with one attached hydrogen (secondary N) is 2. The largest absolute Gasteiger partial charge is 0.506 e. The van der Waals surface area contributed by atoms with Crippen LogP contribution in [-0.4, -0.2) is 33.6 Å². The van der Waals surface area contributed by atoms with E-state index in [0.717, 1.165) is 11.1 Å². The van der Waals surface area contributed by atoms with Gasteiger partial charge in [-0.3, -0.25) is 14.4 Å². The molecule has 8 heteroatoms. The minimum atomic E-state index is -1.27. The Balaban J connectivity index is 1.96. The molecule has 0 atom stereocenters. The third-order valence-corrected chi connectivity index (χ3v) is 4.14. The minimum absolute atomic E-state index is 0.259. The van der Waals surface area contributed by atoms with E-state index in [1.807, 2.05) is 6.07 Å². The number of rotatable bonds is 5. The third kappa shape index (κ3) is 3.83. The average Bonchev–Trinajstić information content (AvgIpc) is 2.66. The number of aromatic hydroxyl groups is 1. The Morgan fingerprint density at radius 2 is 1.89 bits per heavy atom. The monoisotopic (exact) mass is 377 g/mol. The van der Waals surface area contributed by atoms with Crippen LogP contribution in [0.4, 0.5) is 0 Å². The number of pyridine rings is 1. The van der Waals surface area contributed by atoms with E-state index in [2.05, 4.69) is 16.4 Å². The van der Waals surface area contributed by atoms with E-state index < -0.39 is 35.3 Å². The molecule has 4 N–H and O–H groups in total. The first-order chi connectivity index (χ1) is 13.4. The van der Waals surface area contributed by atoms with Gasteiger partial charge < -0.3 is 20.5 Å². The van der Waals surface area contributed by atoms with Crippen LogP contribution in [0, 0.1) is 11.3 Å². The molecule has 1 heterocycles. The summed E-state index contributed by atoms with van der Waals surface area (Å²) in [6.45, 7) is -0.670. The van der Waals surface area contributed by atoms with Crippen LogP contribution in [0.2, 0.25) is 0 Å². The molecule has 3 aromatic rings. The summed E-state index contributed by atoms with van der Waals surface area (Å²) in [6.07, 6.45) is 0.509. The van der Waals surface area contributed by atoms with Crippen molar-refractivity contribution in [2.45, 2.75) is 6.42 Å². The quantitative estimate of drug-likeness (QED) is 0.531. The Hall–Kier alpha value is -4.12. The van der Waals surface area contributed by atoms with Gasteiger partial charge in [0.2, 0.25) is 0 Å². The standard InChI is InChI=1S/C20H15N3O5/c21-9-13-3-1-2-11(7-13)6-12-4-5-14-15(8-12)23-20(28)17(18(14)26)19(27)22-10-16(24)25/h1-5,7-8H,6,10H2,(H,22,27)(H,24,25)(H2,23,26,28). The highest BCUT2D eigenvalue weighted by Crippen LogP contribution is 2.26. The molecule has 0 radical (unpaired) electrons. The van der Waals surface area contributed by atoms with Crippen molar-refractivity contribution in [2.75, 3.05) is 6.54 Å². The second-order valence-electron chi connectivity index (χ2n) is 6.12. The number of carboxylic acids is 1. The van der Waals surface area contributed by atoms with Gasteiger partial charge in [-0.05, 0) is 41.8 Å². The van der Waals surface area contributed by atoms with Crippen LogP contribution in [0.5, 0.6) is 5.75 Å². The highest BCUT2D eigenvalue weighted by molar-refractivity contribution is 6.02. The normalized spacial score (nSPS) is 10.4. The van der Waals surface area contributed by atoms with Crippen molar-refractivity contribution < 1.29 is 19.8 Å². The second-order valence-corrected chi connectivity index (χ2v) is 6.12. The topological polar surface area (TPSA) is 143 Å². The van der Waals surface area contributed by atoms with E-state index >= 15 is 0 Å². The van der Waals surface area contributed by atoms with Gasteiger partial charge in [-0.2, -0.15) is 5.26 Å². The number of fused-ring (bicyclic) bond motifs is 1. The Morgan fingerprint density at radius 1 is 1.14 bits per heavy atom. The van der Waals surface area contributed by atoms with Gasteiger partial charge in [0.1, 0.15) is 17.9 Å². The maximum absolute atomic E-state index is 12.2. The lowest BCUT2D eigenvalue weighted by Crippen LogP contribution is -2.33. The van der Waals surface area contributed by atoms with Gasteiger partial charge in [0, 0.05) is 5.39 Å². The molecule has 0 aliphatic rings. The highest BCUT2D eigenvalue weighted by Gasteiger charge is 2.19. The molecule has 0 fully saturated rings. The van der Waals surface area contributed by atoms with E-state index in [4.69, 9.17) is 10.4 Å². The summed E-state index contributed by atoms with van der Waals surface area (Å²) >= 11 is 0. The van der Waals surface area contributed by atoms with Gasteiger partial charge in [0.25, 0.3) is 11.5 Å². The molecular weight excluding hydrogens is 362 g/mol. The number of aromatic amines is 1. The third-order valence-electron chi connectivity index (χ3n) is 4.14. The van der Waals surface area contributed by atoms with Crippen molar-refractivity contribution in [1.82, 2.24) is 10.3 Å². The lowest BCUT2D eigenvalue weighted by molar-refractivity contribution is -0.135. The maximum atomic E-state index is 12.2. The van der Waals surface area contributed by atoms with E-state index in [-0.39, 0.29) is 5.39 Å². The number of hydrogen-bond donors (Lipinski definition) is 4. The van der Waals surface area contributed by atoms with E-state index in [9.17, 15) is 19.5 Å². The lowest BCUT2D eigenvalue weighted by atomic mass is 10.0. The van der Waals surface area contributed by atoms with Crippen molar-refractivity contribution >= 4 is 22.8 Å². The zero-order chi connectivity index (χ0) is 20.3. The minimum Gasteiger partial charge on any atom is -0.506 e. The van der Waals surface area contributed by atoms with E-state index in [1.165, 1.54) is 0 Å². The van der Waals surface area contributed by atoms with Crippen molar-refractivity contribution in [1.29, 1.82) is 5.26 Å². The number of benzene rings is 2. The van der Waals surface area contributed by atoms with Crippen molar-refractivity contribution in [3.05, 3.63) is 75.1 Å². The number of carbonyl (C=O) groups excluding carboxylic acids is 1. The molecule has 0 aliphatic carbocycles. The van der Waals surface area contributed by atoms with Crippen LogP contribution >= 0.6 is 0 Å². The van der Waals surface area contributed by atoms with Crippen molar-refractivity contribution in [3.8, 4) is 11.8 Å². The molecule has 0 saturated carbocycles. The molecule has 0 unspecified atom stereocenters. The Morgan fingerprint density at radius 3 is 2.61 bits per heavy atom. The Labute approximate surface area is 158 Å². The number of H-pyrrole nitrogens is 1. The molecular formula is C20H15N3O5. The summed E-state index contributed by atoms with van der Waals surface area (Å²) in [5.41, 5.74) is 1.27. The predicted octanol–water partition coefficient (Wildman–Crippen LogP) is 1.51. The molecule has 28 heavy (non-hydrogen) atoms. The van der Waals surface area contributed by atoms with Gasteiger partial charge in [-0.1, -0.05) is 18.2 Å². The molecule has 0 bridgehead atoms. The predicted molar refractivity (Wildman–Crippen MR) is 100 cm³/mol. The first-order valence-corrected chi connectivity index (χ1v) is 8.26. The molecule has 140 valence electrons. The highest BCUT2D eigenvalue weighted by atomic mass is 16.4. The first kappa shape index (κ1) is 18.7. The zero-order valence-corrected chi connectivity index (χ0v) is 14.5. The molecule has 8 nitrogen and oxygen atoms in total. The van der Waals surface area contributed by atoms with Crippen LogP contribution in [0.3, 0.4) is 0 Å².